The summed E-state index contributed by atoms with van der Waals surface area (Å²) in [4.78, 5) is 0. The molecule has 0 bridgehead atoms. The van der Waals surface area contributed by atoms with Crippen LogP contribution in [0.2, 0.25) is 0 Å². The van der Waals surface area contributed by atoms with Gasteiger partial charge in [-0.25, -0.2) is 4.68 Å². The maximum absolute atomic E-state index is 5.21. The van der Waals surface area contributed by atoms with Gasteiger partial charge in [0.05, 0.1) is 13.3 Å². The molecular formula is C9H16N2O2. The van der Waals surface area contributed by atoms with Crippen LogP contribution in [-0.4, -0.2) is 30.6 Å². The Hall–Kier alpha value is -1.03. The van der Waals surface area contributed by atoms with E-state index in [1.54, 1.807) is 14.2 Å². The van der Waals surface area contributed by atoms with Gasteiger partial charge in [-0.1, -0.05) is 0 Å². The van der Waals surface area contributed by atoms with Crippen molar-refractivity contribution in [3.8, 4) is 5.88 Å². The summed E-state index contributed by atoms with van der Waals surface area (Å²) in [7, 11) is 3.36. The van der Waals surface area contributed by atoms with Crippen LogP contribution in [0.15, 0.2) is 6.20 Å². The van der Waals surface area contributed by atoms with Crippen molar-refractivity contribution in [2.75, 3.05) is 20.8 Å². The van der Waals surface area contributed by atoms with Crippen LogP contribution in [-0.2, 0) is 11.3 Å². The molecule has 0 aromatic carbocycles. The molecule has 74 valence electrons. The van der Waals surface area contributed by atoms with Crippen LogP contribution < -0.4 is 4.74 Å². The van der Waals surface area contributed by atoms with Gasteiger partial charge >= 0.3 is 0 Å². The molecule has 0 spiro atoms. The molecule has 0 amide bonds. The van der Waals surface area contributed by atoms with Gasteiger partial charge in [0, 0.05) is 25.8 Å². The molecule has 0 aliphatic rings. The Labute approximate surface area is 78.5 Å². The van der Waals surface area contributed by atoms with E-state index in [0.717, 1.165) is 31.0 Å². The van der Waals surface area contributed by atoms with Gasteiger partial charge < -0.3 is 9.47 Å². The fraction of sp³-hybridized carbons (Fsp3) is 0.667. The van der Waals surface area contributed by atoms with Crippen molar-refractivity contribution in [1.82, 2.24) is 9.78 Å². The quantitative estimate of drug-likeness (QED) is 0.646. The SMILES string of the molecule is COCCCn1ncc(C)c1OC. The van der Waals surface area contributed by atoms with E-state index in [2.05, 4.69) is 5.10 Å². The summed E-state index contributed by atoms with van der Waals surface area (Å²) in [6.45, 7) is 3.57. The topological polar surface area (TPSA) is 36.3 Å². The van der Waals surface area contributed by atoms with Crippen molar-refractivity contribution in [2.45, 2.75) is 19.9 Å². The van der Waals surface area contributed by atoms with E-state index in [1.165, 1.54) is 0 Å². The Bertz CT molecular complexity index is 258. The molecule has 1 aromatic rings. The molecule has 0 aliphatic carbocycles. The molecular weight excluding hydrogens is 168 g/mol. The van der Waals surface area contributed by atoms with Gasteiger partial charge in [0.1, 0.15) is 0 Å². The molecule has 13 heavy (non-hydrogen) atoms. The number of methoxy groups -OCH3 is 2. The predicted molar refractivity (Wildman–Crippen MR) is 50.0 cm³/mol. The van der Waals surface area contributed by atoms with Crippen molar-refractivity contribution in [1.29, 1.82) is 0 Å². The minimum Gasteiger partial charge on any atom is -0.481 e. The molecule has 0 N–H and O–H groups in total. The van der Waals surface area contributed by atoms with Gasteiger partial charge in [-0.05, 0) is 13.3 Å². The van der Waals surface area contributed by atoms with Gasteiger partial charge in [-0.15, -0.1) is 0 Å². The van der Waals surface area contributed by atoms with Gasteiger partial charge in [0.2, 0.25) is 5.88 Å². The molecule has 4 nitrogen and oxygen atoms in total. The summed E-state index contributed by atoms with van der Waals surface area (Å²) in [6.07, 6.45) is 2.76. The first-order valence-electron chi connectivity index (χ1n) is 4.35. The van der Waals surface area contributed by atoms with Gasteiger partial charge in [0.15, 0.2) is 0 Å². The number of aryl methyl sites for hydroxylation is 2. The normalized spacial score (nSPS) is 10.4. The van der Waals surface area contributed by atoms with E-state index >= 15 is 0 Å². The second-order valence-electron chi connectivity index (χ2n) is 2.91. The molecule has 0 saturated carbocycles. The lowest BCUT2D eigenvalue weighted by atomic mass is 10.4. The first-order chi connectivity index (χ1) is 6.29. The van der Waals surface area contributed by atoms with Crippen LogP contribution in [0.4, 0.5) is 0 Å². The highest BCUT2D eigenvalue weighted by molar-refractivity contribution is 5.21. The zero-order valence-electron chi connectivity index (χ0n) is 8.41. The molecule has 4 heteroatoms. The van der Waals surface area contributed by atoms with Crippen LogP contribution in [0.25, 0.3) is 0 Å². The number of aromatic nitrogens is 2. The maximum Gasteiger partial charge on any atom is 0.214 e. The molecule has 0 fully saturated rings. The monoisotopic (exact) mass is 184 g/mol. The number of ether oxygens (including phenoxy) is 2. The molecule has 1 rings (SSSR count). The molecule has 1 aromatic heterocycles. The van der Waals surface area contributed by atoms with Gasteiger partial charge in [-0.3, -0.25) is 0 Å². The van der Waals surface area contributed by atoms with Crippen LogP contribution >= 0.6 is 0 Å². The van der Waals surface area contributed by atoms with Crippen molar-refractivity contribution in [2.24, 2.45) is 0 Å². The average molecular weight is 184 g/mol. The molecule has 0 saturated heterocycles. The van der Waals surface area contributed by atoms with Crippen molar-refractivity contribution in [3.63, 3.8) is 0 Å². The second-order valence-corrected chi connectivity index (χ2v) is 2.91. The van der Waals surface area contributed by atoms with Gasteiger partial charge in [-0.2, -0.15) is 5.10 Å². The Morgan fingerprint density at radius 1 is 1.46 bits per heavy atom. The Morgan fingerprint density at radius 3 is 2.85 bits per heavy atom. The smallest absolute Gasteiger partial charge is 0.214 e. The van der Waals surface area contributed by atoms with E-state index in [9.17, 15) is 0 Å². The standard InChI is InChI=1S/C9H16N2O2/c1-8-7-10-11(9(8)13-3)5-4-6-12-2/h7H,4-6H2,1-3H3. The lowest BCUT2D eigenvalue weighted by molar-refractivity contribution is 0.187. The van der Waals surface area contributed by atoms with Gasteiger partial charge in [0.25, 0.3) is 0 Å². The summed E-state index contributed by atoms with van der Waals surface area (Å²) in [6, 6.07) is 0. The highest BCUT2D eigenvalue weighted by Gasteiger charge is 2.05. The van der Waals surface area contributed by atoms with E-state index in [1.807, 2.05) is 17.8 Å². The Kier molecular flexibility index (Phi) is 3.76. The third-order valence-electron chi connectivity index (χ3n) is 1.87. The predicted octanol–water partition coefficient (Wildman–Crippen LogP) is 1.24. The van der Waals surface area contributed by atoms with Crippen molar-refractivity contribution >= 4 is 0 Å². The lowest BCUT2D eigenvalue weighted by Gasteiger charge is -2.06. The number of hydrogen-bond donors (Lipinski definition) is 0. The van der Waals surface area contributed by atoms with Crippen LogP contribution in [0.5, 0.6) is 5.88 Å². The van der Waals surface area contributed by atoms with E-state index in [0.29, 0.717) is 0 Å². The Morgan fingerprint density at radius 2 is 2.23 bits per heavy atom. The highest BCUT2D eigenvalue weighted by Crippen LogP contribution is 2.16. The molecule has 0 radical (unpaired) electrons. The lowest BCUT2D eigenvalue weighted by Crippen LogP contribution is -2.05. The van der Waals surface area contributed by atoms with Crippen LogP contribution in [0, 0.1) is 6.92 Å². The second kappa shape index (κ2) is 4.87. The summed E-state index contributed by atoms with van der Waals surface area (Å²) < 4.78 is 12.0. The van der Waals surface area contributed by atoms with Crippen molar-refractivity contribution < 1.29 is 9.47 Å². The maximum atomic E-state index is 5.21. The average Bonchev–Trinajstić information content (AvgIpc) is 2.47. The van der Waals surface area contributed by atoms with Crippen LogP contribution in [0.1, 0.15) is 12.0 Å². The molecule has 0 unspecified atom stereocenters. The summed E-state index contributed by atoms with van der Waals surface area (Å²) >= 11 is 0. The molecule has 1 heterocycles. The third-order valence-corrected chi connectivity index (χ3v) is 1.87. The fourth-order valence-corrected chi connectivity index (χ4v) is 1.25. The first kappa shape index (κ1) is 10.1. The zero-order valence-corrected chi connectivity index (χ0v) is 8.41. The first-order valence-corrected chi connectivity index (χ1v) is 4.35. The number of nitrogens with zero attached hydrogens (tertiary/aromatic N) is 2. The third kappa shape index (κ3) is 2.45. The van der Waals surface area contributed by atoms with E-state index < -0.39 is 0 Å². The van der Waals surface area contributed by atoms with Crippen molar-refractivity contribution in [3.05, 3.63) is 11.8 Å². The van der Waals surface area contributed by atoms with E-state index in [4.69, 9.17) is 9.47 Å². The highest BCUT2D eigenvalue weighted by atomic mass is 16.5. The number of rotatable bonds is 5. The molecule has 0 aliphatic heterocycles. The zero-order chi connectivity index (χ0) is 9.68. The minimum absolute atomic E-state index is 0.752. The molecule has 0 atom stereocenters. The largest absolute Gasteiger partial charge is 0.481 e. The minimum atomic E-state index is 0.752. The van der Waals surface area contributed by atoms with E-state index in [-0.39, 0.29) is 0 Å². The number of hydrogen-bond acceptors (Lipinski definition) is 3. The summed E-state index contributed by atoms with van der Waals surface area (Å²) in [5, 5.41) is 4.19. The summed E-state index contributed by atoms with van der Waals surface area (Å²) in [5.74, 6) is 0.844. The Balaban J connectivity index is 2.55. The fourth-order valence-electron chi connectivity index (χ4n) is 1.25. The van der Waals surface area contributed by atoms with Crippen LogP contribution in [0.3, 0.4) is 0 Å². The summed E-state index contributed by atoms with van der Waals surface area (Å²) in [5.41, 5.74) is 1.07.